The molecule has 0 fully saturated rings. The smallest absolute Gasteiger partial charge is 0.118 e. The average Bonchev–Trinajstić information content (AvgIpc) is 2.52. The Morgan fingerprint density at radius 3 is 2.41 bits per heavy atom. The van der Waals surface area contributed by atoms with E-state index in [1.165, 1.54) is 5.56 Å². The number of benzene rings is 1. The molecule has 2 nitrogen and oxygen atoms in total. The van der Waals surface area contributed by atoms with Crippen molar-refractivity contribution in [2.75, 3.05) is 13.7 Å². The molecule has 1 unspecified atom stereocenters. The first-order valence-electron chi connectivity index (χ1n) is 7.75. The van der Waals surface area contributed by atoms with E-state index in [1.807, 2.05) is 18.2 Å². The number of methoxy groups -OCH3 is 1. The fourth-order valence-corrected chi connectivity index (χ4v) is 2.04. The summed E-state index contributed by atoms with van der Waals surface area (Å²) in [6.45, 7) is 12.7. The number of hydrogen-bond donors (Lipinski definition) is 0. The fraction of sp³-hybridized carbons (Fsp3) is 0.400. The van der Waals surface area contributed by atoms with Gasteiger partial charge in [-0.25, -0.2) is 0 Å². The van der Waals surface area contributed by atoms with E-state index in [1.54, 1.807) is 7.11 Å². The van der Waals surface area contributed by atoms with E-state index in [2.05, 4.69) is 51.3 Å². The molecule has 0 heterocycles. The van der Waals surface area contributed by atoms with Crippen molar-refractivity contribution in [3.8, 4) is 5.75 Å². The molecule has 1 aromatic carbocycles. The van der Waals surface area contributed by atoms with Crippen LogP contribution in [0, 0.1) is 5.92 Å². The van der Waals surface area contributed by atoms with Gasteiger partial charge in [0.05, 0.1) is 19.8 Å². The van der Waals surface area contributed by atoms with Gasteiger partial charge in [0.15, 0.2) is 0 Å². The molecular formula is C20H28O2. The minimum absolute atomic E-state index is 0.0972. The molecule has 0 aliphatic heterocycles. The molecule has 0 saturated heterocycles. The predicted molar refractivity (Wildman–Crippen MR) is 94.4 cm³/mol. The van der Waals surface area contributed by atoms with Gasteiger partial charge in [0.2, 0.25) is 0 Å². The molecule has 0 aromatic heterocycles. The van der Waals surface area contributed by atoms with E-state index in [9.17, 15) is 0 Å². The van der Waals surface area contributed by atoms with Crippen molar-refractivity contribution in [3.05, 3.63) is 66.8 Å². The lowest BCUT2D eigenvalue weighted by molar-refractivity contribution is 0.0711. The van der Waals surface area contributed by atoms with Crippen LogP contribution in [-0.4, -0.2) is 19.8 Å². The third-order valence-corrected chi connectivity index (χ3v) is 3.46. The Bertz CT molecular complexity index is 483. The lowest BCUT2D eigenvalue weighted by Crippen LogP contribution is -2.17. The summed E-state index contributed by atoms with van der Waals surface area (Å²) < 4.78 is 10.9. The second kappa shape index (κ2) is 10.0. The molecular weight excluding hydrogens is 272 g/mol. The van der Waals surface area contributed by atoms with Crippen molar-refractivity contribution in [1.29, 1.82) is 0 Å². The van der Waals surface area contributed by atoms with Gasteiger partial charge >= 0.3 is 0 Å². The zero-order chi connectivity index (χ0) is 16.4. The van der Waals surface area contributed by atoms with Crippen LogP contribution < -0.4 is 4.74 Å². The van der Waals surface area contributed by atoms with E-state index in [0.717, 1.165) is 24.2 Å². The Kier molecular flexibility index (Phi) is 8.31. The van der Waals surface area contributed by atoms with Crippen molar-refractivity contribution in [3.63, 3.8) is 0 Å². The highest BCUT2D eigenvalue weighted by Crippen LogP contribution is 2.13. The fourth-order valence-electron chi connectivity index (χ4n) is 2.04. The maximum Gasteiger partial charge on any atom is 0.118 e. The molecule has 0 N–H and O–H groups in total. The average molecular weight is 300 g/mol. The van der Waals surface area contributed by atoms with Crippen molar-refractivity contribution in [1.82, 2.24) is 0 Å². The summed E-state index contributed by atoms with van der Waals surface area (Å²) in [6.07, 6.45) is 8.03. The number of rotatable bonds is 10. The maximum atomic E-state index is 5.79. The normalized spacial score (nSPS) is 12.5. The summed E-state index contributed by atoms with van der Waals surface area (Å²) in [7, 11) is 1.68. The molecule has 2 heteroatoms. The first-order valence-corrected chi connectivity index (χ1v) is 7.75. The van der Waals surface area contributed by atoms with Crippen LogP contribution in [0.4, 0.5) is 0 Å². The van der Waals surface area contributed by atoms with Crippen LogP contribution in [0.15, 0.2) is 61.2 Å². The molecule has 0 amide bonds. The SMILES string of the molecule is C=CC(OCC(=C)C/C=C\Cc1ccc(OC)cc1)C(C)C. The summed E-state index contributed by atoms with van der Waals surface area (Å²) in [5.41, 5.74) is 2.35. The Morgan fingerprint density at radius 2 is 1.86 bits per heavy atom. The lowest BCUT2D eigenvalue weighted by Gasteiger charge is -2.17. The van der Waals surface area contributed by atoms with Crippen LogP contribution in [0.1, 0.15) is 25.8 Å². The van der Waals surface area contributed by atoms with E-state index in [-0.39, 0.29) is 6.10 Å². The Morgan fingerprint density at radius 1 is 1.18 bits per heavy atom. The van der Waals surface area contributed by atoms with Crippen LogP contribution in [0.5, 0.6) is 5.75 Å². The van der Waals surface area contributed by atoms with Gasteiger partial charge in [-0.05, 0) is 42.0 Å². The first kappa shape index (κ1) is 18.2. The lowest BCUT2D eigenvalue weighted by atomic mass is 10.1. The zero-order valence-corrected chi connectivity index (χ0v) is 14.0. The van der Waals surface area contributed by atoms with Gasteiger partial charge in [0, 0.05) is 0 Å². The number of ether oxygens (including phenoxy) is 2. The molecule has 1 atom stereocenters. The van der Waals surface area contributed by atoms with Gasteiger partial charge in [0.1, 0.15) is 5.75 Å². The molecule has 1 aromatic rings. The molecule has 1 rings (SSSR count). The quantitative estimate of drug-likeness (QED) is 0.568. The highest BCUT2D eigenvalue weighted by atomic mass is 16.5. The van der Waals surface area contributed by atoms with Crippen LogP contribution in [0.3, 0.4) is 0 Å². The van der Waals surface area contributed by atoms with Gasteiger partial charge < -0.3 is 9.47 Å². The van der Waals surface area contributed by atoms with Gasteiger partial charge in [-0.15, -0.1) is 6.58 Å². The van der Waals surface area contributed by atoms with E-state index >= 15 is 0 Å². The van der Waals surface area contributed by atoms with Gasteiger partial charge in [-0.1, -0.05) is 50.8 Å². The zero-order valence-electron chi connectivity index (χ0n) is 14.0. The molecule has 22 heavy (non-hydrogen) atoms. The molecule has 0 aliphatic carbocycles. The van der Waals surface area contributed by atoms with Gasteiger partial charge in [-0.3, -0.25) is 0 Å². The number of allylic oxidation sites excluding steroid dienone is 2. The summed E-state index contributed by atoms with van der Waals surface area (Å²) in [5, 5.41) is 0. The Hall–Kier alpha value is -1.80. The third kappa shape index (κ3) is 6.77. The molecule has 0 spiro atoms. The second-order valence-corrected chi connectivity index (χ2v) is 5.73. The monoisotopic (exact) mass is 300 g/mol. The Labute approximate surface area is 135 Å². The van der Waals surface area contributed by atoms with Crippen molar-refractivity contribution < 1.29 is 9.47 Å². The molecule has 0 radical (unpaired) electrons. The van der Waals surface area contributed by atoms with Crippen LogP contribution >= 0.6 is 0 Å². The minimum atomic E-state index is 0.0972. The topological polar surface area (TPSA) is 18.5 Å². The van der Waals surface area contributed by atoms with Crippen LogP contribution in [0.25, 0.3) is 0 Å². The van der Waals surface area contributed by atoms with E-state index in [4.69, 9.17) is 9.47 Å². The van der Waals surface area contributed by atoms with Crippen molar-refractivity contribution >= 4 is 0 Å². The van der Waals surface area contributed by atoms with E-state index < -0.39 is 0 Å². The molecule has 120 valence electrons. The first-order chi connectivity index (χ1) is 10.6. The van der Waals surface area contributed by atoms with Crippen LogP contribution in [-0.2, 0) is 11.2 Å². The number of hydrogen-bond acceptors (Lipinski definition) is 2. The van der Waals surface area contributed by atoms with Crippen molar-refractivity contribution in [2.45, 2.75) is 32.8 Å². The highest BCUT2D eigenvalue weighted by Gasteiger charge is 2.09. The second-order valence-electron chi connectivity index (χ2n) is 5.73. The Balaban J connectivity index is 2.29. The summed E-state index contributed by atoms with van der Waals surface area (Å²) in [5.74, 6) is 1.33. The largest absolute Gasteiger partial charge is 0.497 e. The van der Waals surface area contributed by atoms with E-state index in [0.29, 0.717) is 12.5 Å². The maximum absolute atomic E-state index is 5.79. The molecule has 0 bridgehead atoms. The molecule has 0 saturated carbocycles. The predicted octanol–water partition coefficient (Wildman–Crippen LogP) is 4.97. The third-order valence-electron chi connectivity index (χ3n) is 3.46. The summed E-state index contributed by atoms with van der Waals surface area (Å²) in [4.78, 5) is 0. The summed E-state index contributed by atoms with van der Waals surface area (Å²) >= 11 is 0. The van der Waals surface area contributed by atoms with Crippen LogP contribution in [0.2, 0.25) is 0 Å². The van der Waals surface area contributed by atoms with Gasteiger partial charge in [-0.2, -0.15) is 0 Å². The van der Waals surface area contributed by atoms with Crippen molar-refractivity contribution in [2.24, 2.45) is 5.92 Å². The highest BCUT2D eigenvalue weighted by molar-refractivity contribution is 5.28. The summed E-state index contributed by atoms with van der Waals surface area (Å²) in [6, 6.07) is 8.13. The van der Waals surface area contributed by atoms with Gasteiger partial charge in [0.25, 0.3) is 0 Å². The standard InChI is InChI=1S/C20H28O2/c1-6-20(16(2)3)22-15-17(4)9-7-8-10-18-11-13-19(21-5)14-12-18/h6-8,11-14,16,20H,1,4,9-10,15H2,2-3,5H3/b8-7-. The molecule has 0 aliphatic rings. The minimum Gasteiger partial charge on any atom is -0.497 e.